The molecule has 0 aliphatic heterocycles. The van der Waals surface area contributed by atoms with Gasteiger partial charge in [-0.2, -0.15) is 0 Å². The summed E-state index contributed by atoms with van der Waals surface area (Å²) in [7, 11) is 1.63. The Bertz CT molecular complexity index is 833. The number of rotatable bonds is 4. The molecule has 2 N–H and O–H groups in total. The first-order chi connectivity index (χ1) is 11.2. The monoisotopic (exact) mass is 328 g/mol. The molecule has 0 saturated heterocycles. The zero-order valence-corrected chi connectivity index (χ0v) is 13.6. The third kappa shape index (κ3) is 3.24. The van der Waals surface area contributed by atoms with Gasteiger partial charge in [-0.25, -0.2) is 9.78 Å². The molecule has 0 saturated carbocycles. The summed E-state index contributed by atoms with van der Waals surface area (Å²) >= 11 is 1.41. The minimum atomic E-state index is -0.258. The van der Waals surface area contributed by atoms with Crippen molar-refractivity contribution < 1.29 is 9.53 Å². The quantitative estimate of drug-likeness (QED) is 0.768. The average molecular weight is 328 g/mol. The summed E-state index contributed by atoms with van der Waals surface area (Å²) in [4.78, 5) is 20.2. The van der Waals surface area contributed by atoms with E-state index in [-0.39, 0.29) is 6.03 Å². The Morgan fingerprint density at radius 1 is 1.39 bits per heavy atom. The van der Waals surface area contributed by atoms with E-state index in [9.17, 15) is 4.79 Å². The normalized spacial score (nSPS) is 10.5. The van der Waals surface area contributed by atoms with Crippen molar-refractivity contribution in [2.75, 3.05) is 19.0 Å². The number of fused-ring (bicyclic) bond motifs is 1. The van der Waals surface area contributed by atoms with Crippen LogP contribution in [-0.2, 0) is 0 Å². The van der Waals surface area contributed by atoms with Gasteiger partial charge in [-0.1, -0.05) is 17.4 Å². The Labute approximate surface area is 137 Å². The van der Waals surface area contributed by atoms with Gasteiger partial charge in [0.15, 0.2) is 5.13 Å². The molecule has 6 nitrogen and oxygen atoms in total. The molecule has 0 unspecified atom stereocenters. The fourth-order valence-electron chi connectivity index (χ4n) is 2.23. The lowest BCUT2D eigenvalue weighted by molar-refractivity contribution is 0.252. The Morgan fingerprint density at radius 2 is 2.26 bits per heavy atom. The van der Waals surface area contributed by atoms with Crippen molar-refractivity contribution in [1.29, 1.82) is 0 Å². The van der Waals surface area contributed by atoms with Crippen molar-refractivity contribution in [3.8, 4) is 16.9 Å². The van der Waals surface area contributed by atoms with Gasteiger partial charge in [-0.15, -0.1) is 0 Å². The highest BCUT2D eigenvalue weighted by atomic mass is 32.1. The van der Waals surface area contributed by atoms with Crippen LogP contribution in [0, 0.1) is 0 Å². The van der Waals surface area contributed by atoms with E-state index in [0.29, 0.717) is 11.7 Å². The predicted octanol–water partition coefficient (Wildman–Crippen LogP) is 3.51. The average Bonchev–Trinajstić information content (AvgIpc) is 2.95. The fourth-order valence-corrected chi connectivity index (χ4v) is 3.10. The molecular weight excluding hydrogens is 312 g/mol. The smallest absolute Gasteiger partial charge is 0.321 e. The lowest BCUT2D eigenvalue weighted by Crippen LogP contribution is -2.28. The number of ether oxygens (including phenoxy) is 1. The zero-order chi connectivity index (χ0) is 16.2. The molecule has 3 aromatic rings. The molecule has 0 bridgehead atoms. The van der Waals surface area contributed by atoms with Gasteiger partial charge in [0.1, 0.15) is 5.75 Å². The zero-order valence-electron chi connectivity index (χ0n) is 12.8. The Kier molecular flexibility index (Phi) is 4.38. The first-order valence-electron chi connectivity index (χ1n) is 7.15. The van der Waals surface area contributed by atoms with Crippen LogP contribution in [0.4, 0.5) is 9.93 Å². The maximum Gasteiger partial charge on any atom is 0.321 e. The molecule has 0 spiro atoms. The van der Waals surface area contributed by atoms with Crippen molar-refractivity contribution >= 4 is 32.7 Å². The van der Waals surface area contributed by atoms with Crippen molar-refractivity contribution in [3.05, 3.63) is 36.7 Å². The van der Waals surface area contributed by atoms with Crippen LogP contribution in [0.3, 0.4) is 0 Å². The molecule has 0 atom stereocenters. The molecule has 0 aliphatic carbocycles. The van der Waals surface area contributed by atoms with Crippen LogP contribution in [0.1, 0.15) is 6.92 Å². The van der Waals surface area contributed by atoms with Gasteiger partial charge in [0.05, 0.1) is 17.3 Å². The fraction of sp³-hybridized carbons (Fsp3) is 0.188. The van der Waals surface area contributed by atoms with Crippen LogP contribution in [0.25, 0.3) is 21.3 Å². The SMILES string of the molecule is CCNC(=O)Nc1nc2cc(-c3cccnc3)c(OC)cc2s1. The molecule has 0 fully saturated rings. The van der Waals surface area contributed by atoms with Gasteiger partial charge in [0.2, 0.25) is 0 Å². The number of nitrogens with zero attached hydrogens (tertiary/aromatic N) is 2. The summed E-state index contributed by atoms with van der Waals surface area (Å²) in [5.41, 5.74) is 2.68. The summed E-state index contributed by atoms with van der Waals surface area (Å²) in [6, 6.07) is 7.47. The highest BCUT2D eigenvalue weighted by Gasteiger charge is 2.13. The number of urea groups is 1. The topological polar surface area (TPSA) is 76.1 Å². The number of methoxy groups -OCH3 is 1. The van der Waals surface area contributed by atoms with E-state index < -0.39 is 0 Å². The highest BCUT2D eigenvalue weighted by molar-refractivity contribution is 7.22. The van der Waals surface area contributed by atoms with E-state index in [4.69, 9.17) is 4.74 Å². The molecule has 118 valence electrons. The predicted molar refractivity (Wildman–Crippen MR) is 92.1 cm³/mol. The Morgan fingerprint density at radius 3 is 2.96 bits per heavy atom. The largest absolute Gasteiger partial charge is 0.496 e. The lowest BCUT2D eigenvalue weighted by atomic mass is 10.1. The number of anilines is 1. The number of hydrogen-bond acceptors (Lipinski definition) is 5. The summed E-state index contributed by atoms with van der Waals surface area (Å²) in [5.74, 6) is 0.749. The Balaban J connectivity index is 2.01. The molecule has 2 aromatic heterocycles. The summed E-state index contributed by atoms with van der Waals surface area (Å²) in [6.07, 6.45) is 3.51. The van der Waals surface area contributed by atoms with Crippen LogP contribution in [0.15, 0.2) is 36.7 Å². The molecule has 7 heteroatoms. The number of nitrogens with one attached hydrogen (secondary N) is 2. The summed E-state index contributed by atoms with van der Waals surface area (Å²) in [6.45, 7) is 2.43. The maximum absolute atomic E-state index is 11.6. The number of benzene rings is 1. The maximum atomic E-state index is 11.6. The lowest BCUT2D eigenvalue weighted by Gasteiger charge is -2.08. The van der Waals surface area contributed by atoms with E-state index in [1.54, 1.807) is 19.5 Å². The van der Waals surface area contributed by atoms with Gasteiger partial charge in [-0.3, -0.25) is 10.3 Å². The summed E-state index contributed by atoms with van der Waals surface area (Å²) < 4.78 is 6.43. The number of pyridine rings is 1. The van der Waals surface area contributed by atoms with Crippen molar-refractivity contribution in [1.82, 2.24) is 15.3 Å². The molecule has 0 aliphatic rings. The van der Waals surface area contributed by atoms with E-state index in [1.807, 2.05) is 31.2 Å². The first-order valence-corrected chi connectivity index (χ1v) is 7.96. The van der Waals surface area contributed by atoms with Crippen molar-refractivity contribution in [2.45, 2.75) is 6.92 Å². The standard InChI is InChI=1S/C16H16N4O2S/c1-3-18-15(21)20-16-19-12-7-11(10-5-4-6-17-9-10)13(22-2)8-14(12)23-16/h4-9H,3H2,1-2H3,(H2,18,19,20,21). The number of amides is 2. The molecule has 3 rings (SSSR count). The van der Waals surface area contributed by atoms with Gasteiger partial charge >= 0.3 is 6.03 Å². The molecule has 0 radical (unpaired) electrons. The third-order valence-electron chi connectivity index (χ3n) is 3.24. The second-order valence-corrected chi connectivity index (χ2v) is 5.80. The number of carbonyl (C=O) groups is 1. The first kappa shape index (κ1) is 15.2. The molecular formula is C16H16N4O2S. The third-order valence-corrected chi connectivity index (χ3v) is 4.17. The van der Waals surface area contributed by atoms with Crippen molar-refractivity contribution in [2.24, 2.45) is 0 Å². The van der Waals surface area contributed by atoms with E-state index in [2.05, 4.69) is 20.6 Å². The van der Waals surface area contributed by atoms with Gasteiger partial charge < -0.3 is 10.1 Å². The van der Waals surface area contributed by atoms with Crippen LogP contribution < -0.4 is 15.4 Å². The van der Waals surface area contributed by atoms with Crippen LogP contribution in [-0.4, -0.2) is 29.7 Å². The van der Waals surface area contributed by atoms with Crippen LogP contribution in [0.2, 0.25) is 0 Å². The van der Waals surface area contributed by atoms with Gasteiger partial charge in [-0.05, 0) is 19.1 Å². The number of carbonyl (C=O) groups excluding carboxylic acids is 1. The minimum Gasteiger partial charge on any atom is -0.496 e. The number of hydrogen-bond donors (Lipinski definition) is 2. The second-order valence-electron chi connectivity index (χ2n) is 4.77. The Hall–Kier alpha value is -2.67. The minimum absolute atomic E-state index is 0.258. The van der Waals surface area contributed by atoms with E-state index in [1.165, 1.54) is 11.3 Å². The van der Waals surface area contributed by atoms with Crippen molar-refractivity contribution in [3.63, 3.8) is 0 Å². The second kappa shape index (κ2) is 6.62. The molecule has 2 heterocycles. The summed E-state index contributed by atoms with van der Waals surface area (Å²) in [5, 5.41) is 5.97. The van der Waals surface area contributed by atoms with E-state index >= 15 is 0 Å². The number of thiazole rings is 1. The number of aromatic nitrogens is 2. The molecule has 23 heavy (non-hydrogen) atoms. The molecule has 2 amide bonds. The molecule has 1 aromatic carbocycles. The van der Waals surface area contributed by atoms with Gasteiger partial charge in [0.25, 0.3) is 0 Å². The van der Waals surface area contributed by atoms with Crippen LogP contribution >= 0.6 is 11.3 Å². The van der Waals surface area contributed by atoms with Gasteiger partial charge in [0, 0.05) is 36.1 Å². The van der Waals surface area contributed by atoms with Crippen LogP contribution in [0.5, 0.6) is 5.75 Å². The highest BCUT2D eigenvalue weighted by Crippen LogP contribution is 2.37. The van der Waals surface area contributed by atoms with E-state index in [0.717, 1.165) is 27.1 Å².